The lowest BCUT2D eigenvalue weighted by atomic mass is 10.2. The predicted octanol–water partition coefficient (Wildman–Crippen LogP) is 3.35. The summed E-state index contributed by atoms with van der Waals surface area (Å²) < 4.78 is 47.9. The molecule has 4 N–H and O–H groups in total. The Morgan fingerprint density at radius 3 is 1.83 bits per heavy atom. The van der Waals surface area contributed by atoms with E-state index >= 15 is 0 Å². The third-order valence-electron chi connectivity index (χ3n) is 5.73. The number of nitrogens with one attached hydrogen (secondary N) is 4. The number of hydrogen-bond acceptors (Lipinski definition) is 11. The Balaban J connectivity index is 2.07. The number of alkyl carbamates (subject to hydrolysis) is 3. The molecule has 0 fully saturated rings. The number of benzene rings is 2. The fraction of sp³-hybridized carbons (Fsp3) is 0.452. The van der Waals surface area contributed by atoms with E-state index in [1.54, 1.807) is 76.2 Å². The number of aliphatic imine (C=N–C) groups is 1. The van der Waals surface area contributed by atoms with Crippen LogP contribution in [0.1, 0.15) is 51.7 Å². The standard InChI is InChI=1S/C31H43N5O10S/c1-5-43-26(37)19-33-47(41,42)22-25(34-30(40)46-31(2,3)4)17-12-18-32-27(35-28(38)44-20-23-13-8-6-9-14-23)36-29(39)45-21-24-15-10-7-11-16-24/h6-11,13-16,25,33H,5,12,17-22H2,1-4H3,(H,34,40)(H2,32,35,36,38,39)/t25-/m0/s1. The molecule has 2 rings (SSSR count). The van der Waals surface area contributed by atoms with Gasteiger partial charge < -0.3 is 24.3 Å². The van der Waals surface area contributed by atoms with Gasteiger partial charge in [-0.1, -0.05) is 60.7 Å². The first-order chi connectivity index (χ1) is 22.2. The van der Waals surface area contributed by atoms with Crippen LogP contribution >= 0.6 is 0 Å². The molecule has 0 spiro atoms. The number of amides is 3. The van der Waals surface area contributed by atoms with Crippen LogP contribution in [0, 0.1) is 0 Å². The zero-order valence-corrected chi connectivity index (χ0v) is 27.8. The molecule has 3 amide bonds. The first kappa shape index (κ1) is 38.5. The third-order valence-corrected chi connectivity index (χ3v) is 7.16. The molecule has 1 atom stereocenters. The van der Waals surface area contributed by atoms with Crippen LogP contribution in [0.15, 0.2) is 65.7 Å². The molecule has 2 aromatic rings. The molecule has 0 aliphatic carbocycles. The van der Waals surface area contributed by atoms with Gasteiger partial charge in [-0.2, -0.15) is 0 Å². The molecular weight excluding hydrogens is 634 g/mol. The van der Waals surface area contributed by atoms with Gasteiger partial charge >= 0.3 is 24.2 Å². The molecule has 258 valence electrons. The maximum atomic E-state index is 12.7. The first-order valence-electron chi connectivity index (χ1n) is 14.9. The Hall–Kier alpha value is -4.70. The molecule has 0 aliphatic rings. The van der Waals surface area contributed by atoms with E-state index in [-0.39, 0.29) is 45.2 Å². The molecule has 47 heavy (non-hydrogen) atoms. The van der Waals surface area contributed by atoms with Gasteiger partial charge in [0.25, 0.3) is 0 Å². The van der Waals surface area contributed by atoms with Crippen molar-refractivity contribution < 1.29 is 46.5 Å². The van der Waals surface area contributed by atoms with Crippen LogP contribution < -0.4 is 20.7 Å². The lowest BCUT2D eigenvalue weighted by Crippen LogP contribution is -2.45. The van der Waals surface area contributed by atoms with Crippen molar-refractivity contribution in [1.29, 1.82) is 0 Å². The summed E-state index contributed by atoms with van der Waals surface area (Å²) in [6, 6.07) is 17.0. The second-order valence-corrected chi connectivity index (χ2v) is 12.8. The third kappa shape index (κ3) is 18.1. The highest BCUT2D eigenvalue weighted by Crippen LogP contribution is 2.09. The fourth-order valence-corrected chi connectivity index (χ4v) is 4.96. The largest absolute Gasteiger partial charge is 0.465 e. The average molecular weight is 678 g/mol. The maximum Gasteiger partial charge on any atom is 0.414 e. The summed E-state index contributed by atoms with van der Waals surface area (Å²) in [7, 11) is -4.03. The van der Waals surface area contributed by atoms with Crippen molar-refractivity contribution in [2.75, 3.05) is 25.4 Å². The predicted molar refractivity (Wildman–Crippen MR) is 173 cm³/mol. The van der Waals surface area contributed by atoms with Crippen LogP contribution in [0.25, 0.3) is 0 Å². The number of guanidine groups is 1. The average Bonchev–Trinajstić information content (AvgIpc) is 3.00. The molecule has 0 heterocycles. The van der Waals surface area contributed by atoms with E-state index in [0.29, 0.717) is 0 Å². The van der Waals surface area contributed by atoms with Crippen molar-refractivity contribution in [3.05, 3.63) is 71.8 Å². The minimum absolute atomic E-state index is 0.0178. The Bertz CT molecular complexity index is 1370. The zero-order chi connectivity index (χ0) is 34.7. The number of ether oxygens (including phenoxy) is 4. The van der Waals surface area contributed by atoms with Crippen molar-refractivity contribution in [2.24, 2.45) is 4.99 Å². The molecule has 0 aromatic heterocycles. The van der Waals surface area contributed by atoms with E-state index < -0.39 is 58.2 Å². The molecule has 0 radical (unpaired) electrons. The number of carbonyl (C=O) groups is 4. The van der Waals surface area contributed by atoms with Crippen LogP contribution in [0.2, 0.25) is 0 Å². The highest BCUT2D eigenvalue weighted by atomic mass is 32.2. The minimum Gasteiger partial charge on any atom is -0.465 e. The minimum atomic E-state index is -4.03. The Kier molecular flexibility index (Phi) is 16.2. The van der Waals surface area contributed by atoms with Crippen molar-refractivity contribution >= 4 is 40.2 Å². The van der Waals surface area contributed by atoms with Crippen LogP contribution in [0.3, 0.4) is 0 Å². The maximum absolute atomic E-state index is 12.7. The summed E-state index contributed by atoms with van der Waals surface area (Å²) in [5, 5.41) is 7.29. The molecule has 15 nitrogen and oxygen atoms in total. The normalized spacial score (nSPS) is 11.7. The lowest BCUT2D eigenvalue weighted by Gasteiger charge is -2.23. The monoisotopic (exact) mass is 677 g/mol. The summed E-state index contributed by atoms with van der Waals surface area (Å²) in [4.78, 5) is 53.3. The Labute approximate surface area is 274 Å². The number of nitrogens with zero attached hydrogens (tertiary/aromatic N) is 1. The van der Waals surface area contributed by atoms with E-state index in [1.165, 1.54) is 0 Å². The summed E-state index contributed by atoms with van der Waals surface area (Å²) in [5.41, 5.74) is 0.648. The number of esters is 1. The lowest BCUT2D eigenvalue weighted by molar-refractivity contribution is -0.141. The highest BCUT2D eigenvalue weighted by Gasteiger charge is 2.24. The zero-order valence-electron chi connectivity index (χ0n) is 26.9. The number of rotatable bonds is 15. The van der Waals surface area contributed by atoms with Crippen LogP contribution in [-0.4, -0.2) is 75.7 Å². The van der Waals surface area contributed by atoms with Crippen LogP contribution in [0.4, 0.5) is 14.4 Å². The van der Waals surface area contributed by atoms with Crippen LogP contribution in [-0.2, 0) is 47.0 Å². The van der Waals surface area contributed by atoms with Gasteiger partial charge in [-0.25, -0.2) is 27.5 Å². The molecular formula is C31H43N5O10S. The summed E-state index contributed by atoms with van der Waals surface area (Å²) in [6.45, 7) is 6.00. The van der Waals surface area contributed by atoms with Crippen molar-refractivity contribution in [3.8, 4) is 0 Å². The van der Waals surface area contributed by atoms with Gasteiger partial charge in [0.1, 0.15) is 25.4 Å². The molecule has 0 aliphatic heterocycles. The van der Waals surface area contributed by atoms with Gasteiger partial charge in [0.15, 0.2) is 0 Å². The van der Waals surface area contributed by atoms with Gasteiger partial charge in [-0.3, -0.25) is 20.4 Å². The molecule has 2 aromatic carbocycles. The number of carbonyl (C=O) groups excluding carboxylic acids is 4. The Morgan fingerprint density at radius 2 is 1.34 bits per heavy atom. The first-order valence-corrected chi connectivity index (χ1v) is 16.5. The van der Waals surface area contributed by atoms with E-state index in [9.17, 15) is 27.6 Å². The van der Waals surface area contributed by atoms with E-state index in [0.717, 1.165) is 11.1 Å². The topological polar surface area (TPSA) is 200 Å². The van der Waals surface area contributed by atoms with E-state index in [1.807, 2.05) is 12.1 Å². The van der Waals surface area contributed by atoms with E-state index in [2.05, 4.69) is 25.7 Å². The summed E-state index contributed by atoms with van der Waals surface area (Å²) in [5.74, 6) is -1.59. The quantitative estimate of drug-likeness (QED) is 0.0713. The highest BCUT2D eigenvalue weighted by molar-refractivity contribution is 7.89. The van der Waals surface area contributed by atoms with Gasteiger partial charge in [0, 0.05) is 12.6 Å². The second kappa shape index (κ2) is 19.7. The Morgan fingerprint density at radius 1 is 0.809 bits per heavy atom. The second-order valence-electron chi connectivity index (χ2n) is 11.0. The molecule has 0 saturated heterocycles. The van der Waals surface area contributed by atoms with Crippen LogP contribution in [0.5, 0.6) is 0 Å². The van der Waals surface area contributed by atoms with Gasteiger partial charge in [-0.15, -0.1) is 0 Å². The van der Waals surface area contributed by atoms with E-state index in [4.69, 9.17) is 18.9 Å². The molecule has 0 saturated carbocycles. The van der Waals surface area contributed by atoms with Crippen molar-refractivity contribution in [3.63, 3.8) is 0 Å². The van der Waals surface area contributed by atoms with Crippen molar-refractivity contribution in [1.82, 2.24) is 20.7 Å². The molecule has 16 heteroatoms. The van der Waals surface area contributed by atoms with Gasteiger partial charge in [0.05, 0.1) is 12.4 Å². The van der Waals surface area contributed by atoms with Gasteiger partial charge in [-0.05, 0) is 51.7 Å². The van der Waals surface area contributed by atoms with Crippen molar-refractivity contribution in [2.45, 2.75) is 65.4 Å². The molecule has 0 unspecified atom stereocenters. The molecule has 0 bridgehead atoms. The fourth-order valence-electron chi connectivity index (χ4n) is 3.73. The summed E-state index contributed by atoms with van der Waals surface area (Å²) in [6.07, 6.45) is -2.33. The number of sulfonamides is 1. The number of hydrogen-bond donors (Lipinski definition) is 4. The smallest absolute Gasteiger partial charge is 0.414 e. The SMILES string of the molecule is CCOC(=O)CNS(=O)(=O)C[C@H](CCCN=C(NC(=O)OCc1ccccc1)NC(=O)OCc1ccccc1)NC(=O)OC(C)(C)C. The summed E-state index contributed by atoms with van der Waals surface area (Å²) >= 11 is 0. The van der Waals surface area contributed by atoms with Gasteiger partial charge in [0.2, 0.25) is 16.0 Å².